The third-order valence-corrected chi connectivity index (χ3v) is 4.25. The highest BCUT2D eigenvalue weighted by molar-refractivity contribution is 5.95. The van der Waals surface area contributed by atoms with Crippen molar-refractivity contribution >= 4 is 10.8 Å². The van der Waals surface area contributed by atoms with Gasteiger partial charge in [-0.15, -0.1) is 0 Å². The average molecular weight is 335 g/mol. The molecule has 25 heavy (non-hydrogen) atoms. The van der Waals surface area contributed by atoms with E-state index in [4.69, 9.17) is 14.5 Å². The van der Waals surface area contributed by atoms with Gasteiger partial charge in [0.15, 0.2) is 0 Å². The number of hydrogen-bond donors (Lipinski definition) is 0. The molecule has 0 N–H and O–H groups in total. The lowest BCUT2D eigenvalue weighted by molar-refractivity contribution is 0.331. The molecule has 0 radical (unpaired) electrons. The van der Waals surface area contributed by atoms with Crippen LogP contribution in [0.2, 0.25) is 0 Å². The Hall–Kier alpha value is -2.55. The van der Waals surface area contributed by atoms with Crippen LogP contribution in [0.25, 0.3) is 22.0 Å². The fourth-order valence-electron chi connectivity index (χ4n) is 3.20. The predicted octanol–water partition coefficient (Wildman–Crippen LogP) is 5.61. The van der Waals surface area contributed by atoms with Crippen LogP contribution in [0, 0.1) is 0 Å². The van der Waals surface area contributed by atoms with Crippen LogP contribution in [-0.2, 0) is 5.41 Å². The van der Waals surface area contributed by atoms with E-state index in [0.717, 1.165) is 27.8 Å². The number of fused-ring (bicyclic) bond motifs is 1. The van der Waals surface area contributed by atoms with Crippen molar-refractivity contribution < 1.29 is 9.47 Å². The Balaban J connectivity index is 2.44. The lowest BCUT2D eigenvalue weighted by Gasteiger charge is -2.26. The number of benzene rings is 2. The number of hydrogen-bond acceptors (Lipinski definition) is 3. The summed E-state index contributed by atoms with van der Waals surface area (Å²) >= 11 is 0. The Morgan fingerprint density at radius 3 is 2.28 bits per heavy atom. The first-order valence-corrected chi connectivity index (χ1v) is 8.66. The van der Waals surface area contributed by atoms with Crippen molar-refractivity contribution in [2.45, 2.75) is 33.1 Å². The number of ether oxygens (including phenoxy) is 2. The van der Waals surface area contributed by atoms with Gasteiger partial charge in [-0.2, -0.15) is 0 Å². The molecule has 2 aromatic carbocycles. The van der Waals surface area contributed by atoms with Gasteiger partial charge in [0.05, 0.1) is 19.4 Å². The van der Waals surface area contributed by atoms with E-state index >= 15 is 0 Å². The van der Waals surface area contributed by atoms with Gasteiger partial charge in [0.2, 0.25) is 5.88 Å². The molecular formula is C22H25NO2. The molecular weight excluding hydrogens is 310 g/mol. The summed E-state index contributed by atoms with van der Waals surface area (Å²) in [6.07, 6.45) is 0. The van der Waals surface area contributed by atoms with Gasteiger partial charge < -0.3 is 9.47 Å². The van der Waals surface area contributed by atoms with E-state index in [1.54, 1.807) is 7.11 Å². The van der Waals surface area contributed by atoms with Crippen LogP contribution in [0.4, 0.5) is 0 Å². The third-order valence-electron chi connectivity index (χ3n) is 4.25. The fourth-order valence-corrected chi connectivity index (χ4v) is 3.20. The molecule has 0 bridgehead atoms. The van der Waals surface area contributed by atoms with E-state index in [1.807, 2.05) is 37.3 Å². The SMILES string of the molecule is CCOc1nc(-c2ccccc2)c(C(C)(C)C)c2cc(OC)ccc12. The normalized spacial score (nSPS) is 11.6. The van der Waals surface area contributed by atoms with E-state index in [1.165, 1.54) is 5.56 Å². The van der Waals surface area contributed by atoms with Crippen LogP contribution >= 0.6 is 0 Å². The Morgan fingerprint density at radius 2 is 1.68 bits per heavy atom. The highest BCUT2D eigenvalue weighted by Gasteiger charge is 2.25. The highest BCUT2D eigenvalue weighted by atomic mass is 16.5. The highest BCUT2D eigenvalue weighted by Crippen LogP contribution is 2.41. The second-order valence-electron chi connectivity index (χ2n) is 7.10. The van der Waals surface area contributed by atoms with Crippen molar-refractivity contribution in [2.75, 3.05) is 13.7 Å². The molecule has 0 saturated heterocycles. The van der Waals surface area contributed by atoms with Crippen LogP contribution in [0.5, 0.6) is 11.6 Å². The maximum absolute atomic E-state index is 5.87. The second kappa shape index (κ2) is 6.75. The molecule has 0 fully saturated rings. The minimum absolute atomic E-state index is 0.0759. The lowest BCUT2D eigenvalue weighted by atomic mass is 9.81. The van der Waals surface area contributed by atoms with E-state index in [-0.39, 0.29) is 5.41 Å². The molecule has 0 unspecified atom stereocenters. The number of aromatic nitrogens is 1. The Bertz CT molecular complexity index is 880. The molecule has 1 heterocycles. The van der Waals surface area contributed by atoms with Crippen molar-refractivity contribution in [1.82, 2.24) is 4.98 Å². The van der Waals surface area contributed by atoms with Crippen LogP contribution in [0.15, 0.2) is 48.5 Å². The molecule has 0 spiro atoms. The summed E-state index contributed by atoms with van der Waals surface area (Å²) in [5.41, 5.74) is 3.19. The van der Waals surface area contributed by atoms with Crippen LogP contribution < -0.4 is 9.47 Å². The molecule has 0 atom stereocenters. The topological polar surface area (TPSA) is 31.4 Å². The largest absolute Gasteiger partial charge is 0.497 e. The van der Waals surface area contributed by atoms with Crippen molar-refractivity contribution in [2.24, 2.45) is 0 Å². The monoisotopic (exact) mass is 335 g/mol. The van der Waals surface area contributed by atoms with Gasteiger partial charge in [-0.05, 0) is 41.5 Å². The zero-order valence-electron chi connectivity index (χ0n) is 15.6. The van der Waals surface area contributed by atoms with Crippen molar-refractivity contribution in [1.29, 1.82) is 0 Å². The van der Waals surface area contributed by atoms with Gasteiger partial charge in [0.1, 0.15) is 5.75 Å². The number of methoxy groups -OCH3 is 1. The molecule has 0 aliphatic carbocycles. The average Bonchev–Trinajstić information content (AvgIpc) is 2.60. The molecule has 3 rings (SSSR count). The number of rotatable bonds is 4. The summed E-state index contributed by atoms with van der Waals surface area (Å²) in [6.45, 7) is 9.22. The molecule has 3 heteroatoms. The smallest absolute Gasteiger partial charge is 0.221 e. The molecule has 1 aromatic heterocycles. The molecule has 3 aromatic rings. The maximum atomic E-state index is 5.87. The Morgan fingerprint density at radius 1 is 0.960 bits per heavy atom. The standard InChI is InChI=1S/C22H25NO2/c1-6-25-21-17-13-12-16(24-5)14-18(17)19(22(2,3)4)20(23-21)15-10-8-7-9-11-15/h7-14H,6H2,1-5H3. The maximum Gasteiger partial charge on any atom is 0.221 e. The summed E-state index contributed by atoms with van der Waals surface area (Å²) in [5, 5.41) is 2.15. The molecule has 130 valence electrons. The third kappa shape index (κ3) is 3.32. The fraction of sp³-hybridized carbons (Fsp3) is 0.318. The zero-order valence-corrected chi connectivity index (χ0v) is 15.6. The van der Waals surface area contributed by atoms with Gasteiger partial charge in [-0.3, -0.25) is 0 Å². The van der Waals surface area contributed by atoms with Gasteiger partial charge in [0, 0.05) is 10.9 Å². The van der Waals surface area contributed by atoms with Crippen LogP contribution in [-0.4, -0.2) is 18.7 Å². The van der Waals surface area contributed by atoms with E-state index < -0.39 is 0 Å². The minimum Gasteiger partial charge on any atom is -0.497 e. The first-order valence-electron chi connectivity index (χ1n) is 8.66. The number of nitrogens with zero attached hydrogens (tertiary/aromatic N) is 1. The van der Waals surface area contributed by atoms with E-state index in [2.05, 4.69) is 39.0 Å². The molecule has 0 aliphatic rings. The Labute approximate surface area is 149 Å². The minimum atomic E-state index is -0.0759. The first-order chi connectivity index (χ1) is 12.0. The van der Waals surface area contributed by atoms with Gasteiger partial charge in [-0.25, -0.2) is 4.98 Å². The van der Waals surface area contributed by atoms with E-state index in [0.29, 0.717) is 12.5 Å². The van der Waals surface area contributed by atoms with E-state index in [9.17, 15) is 0 Å². The van der Waals surface area contributed by atoms with Crippen LogP contribution in [0.1, 0.15) is 33.3 Å². The van der Waals surface area contributed by atoms with Gasteiger partial charge >= 0.3 is 0 Å². The number of pyridine rings is 1. The lowest BCUT2D eigenvalue weighted by Crippen LogP contribution is -2.15. The van der Waals surface area contributed by atoms with Gasteiger partial charge in [-0.1, -0.05) is 51.1 Å². The molecule has 0 aliphatic heterocycles. The second-order valence-corrected chi connectivity index (χ2v) is 7.10. The molecule has 3 nitrogen and oxygen atoms in total. The van der Waals surface area contributed by atoms with Crippen molar-refractivity contribution in [3.05, 3.63) is 54.1 Å². The molecule has 0 amide bonds. The van der Waals surface area contributed by atoms with Crippen molar-refractivity contribution in [3.8, 4) is 22.9 Å². The summed E-state index contributed by atoms with van der Waals surface area (Å²) < 4.78 is 11.3. The quantitative estimate of drug-likeness (QED) is 0.621. The summed E-state index contributed by atoms with van der Waals surface area (Å²) in [5.74, 6) is 1.51. The summed E-state index contributed by atoms with van der Waals surface area (Å²) in [6, 6.07) is 16.4. The van der Waals surface area contributed by atoms with Crippen LogP contribution in [0.3, 0.4) is 0 Å². The summed E-state index contributed by atoms with van der Waals surface area (Å²) in [7, 11) is 1.70. The molecule has 0 saturated carbocycles. The first kappa shape index (κ1) is 17.3. The van der Waals surface area contributed by atoms with Crippen molar-refractivity contribution in [3.63, 3.8) is 0 Å². The Kier molecular flexibility index (Phi) is 4.67. The zero-order chi connectivity index (χ0) is 18.0. The predicted molar refractivity (Wildman–Crippen MR) is 104 cm³/mol. The summed E-state index contributed by atoms with van der Waals surface area (Å²) in [4.78, 5) is 4.92. The van der Waals surface area contributed by atoms with Gasteiger partial charge in [0.25, 0.3) is 0 Å².